The van der Waals surface area contributed by atoms with E-state index in [0.29, 0.717) is 25.6 Å². The van der Waals surface area contributed by atoms with E-state index in [1.807, 2.05) is 32.2 Å². The van der Waals surface area contributed by atoms with Gasteiger partial charge in [-0.2, -0.15) is 0 Å². The molecule has 2 atom stereocenters. The minimum Gasteiger partial charge on any atom is -0.377 e. The van der Waals surface area contributed by atoms with Gasteiger partial charge in [0, 0.05) is 35.5 Å². The molecule has 8 nitrogen and oxygen atoms in total. The molecule has 0 saturated carbocycles. The van der Waals surface area contributed by atoms with E-state index in [4.69, 9.17) is 19.5 Å². The Morgan fingerprint density at radius 3 is 2.97 bits per heavy atom. The summed E-state index contributed by atoms with van der Waals surface area (Å²) in [6.45, 7) is 7.76. The molecule has 9 heteroatoms. The largest absolute Gasteiger partial charge is 0.377 e. The Hall–Kier alpha value is -2.52. The first-order valence-electron chi connectivity index (χ1n) is 9.74. The van der Waals surface area contributed by atoms with Crippen LogP contribution in [0, 0.1) is 4.78 Å². The molecule has 0 aliphatic carbocycles. The number of pyridine rings is 1. The lowest BCUT2D eigenvalue weighted by atomic mass is 10.0. The van der Waals surface area contributed by atoms with E-state index < -0.39 is 14.5 Å². The number of rotatable bonds is 2. The molecule has 0 bridgehead atoms. The van der Waals surface area contributed by atoms with Crippen LogP contribution in [0.15, 0.2) is 24.5 Å². The number of hydrogen-bond acceptors (Lipinski definition) is 7. The summed E-state index contributed by atoms with van der Waals surface area (Å²) < 4.78 is 26.5. The number of nitrogens with one attached hydrogen (secondary N) is 2. The lowest BCUT2D eigenvalue weighted by molar-refractivity contribution is 0.0984. The van der Waals surface area contributed by atoms with Crippen molar-refractivity contribution in [3.8, 4) is 11.4 Å². The molecule has 1 saturated heterocycles. The second kappa shape index (κ2) is 6.24. The topological polar surface area (TPSA) is 108 Å². The summed E-state index contributed by atoms with van der Waals surface area (Å²) in [5.74, 6) is 1.55. The summed E-state index contributed by atoms with van der Waals surface area (Å²) in [5, 5.41) is 0.941. The normalized spacial score (nSPS) is 26.0. The molecule has 3 aromatic heterocycles. The number of hydrogen-bond donors (Lipinski definition) is 2. The van der Waals surface area contributed by atoms with Crippen molar-refractivity contribution in [2.24, 2.45) is 0 Å². The molecule has 152 valence electrons. The van der Waals surface area contributed by atoms with Crippen LogP contribution in [0.2, 0.25) is 0 Å². The van der Waals surface area contributed by atoms with E-state index in [1.165, 1.54) is 0 Å². The van der Waals surface area contributed by atoms with Crippen molar-refractivity contribution < 1.29 is 8.95 Å². The van der Waals surface area contributed by atoms with Crippen molar-refractivity contribution in [1.29, 1.82) is 4.78 Å². The lowest BCUT2D eigenvalue weighted by Gasteiger charge is -2.35. The van der Waals surface area contributed by atoms with Gasteiger partial charge in [-0.25, -0.2) is 19.2 Å². The van der Waals surface area contributed by atoms with Crippen LogP contribution in [0.25, 0.3) is 22.4 Å². The molecule has 0 spiro atoms. The van der Waals surface area contributed by atoms with Crippen LogP contribution >= 0.6 is 0 Å². The molecule has 3 aromatic rings. The van der Waals surface area contributed by atoms with Crippen LogP contribution in [0.4, 0.5) is 5.82 Å². The molecule has 1 unspecified atom stereocenters. The van der Waals surface area contributed by atoms with Crippen molar-refractivity contribution in [3.05, 3.63) is 35.8 Å². The lowest BCUT2D eigenvalue weighted by Crippen LogP contribution is -2.44. The summed E-state index contributed by atoms with van der Waals surface area (Å²) in [7, 11) is -2.87. The van der Waals surface area contributed by atoms with Gasteiger partial charge >= 0.3 is 0 Å². The van der Waals surface area contributed by atoms with Gasteiger partial charge in [0.25, 0.3) is 0 Å². The monoisotopic (exact) mass is 412 g/mol. The first-order valence-corrected chi connectivity index (χ1v) is 11.5. The van der Waals surface area contributed by atoms with Crippen molar-refractivity contribution in [2.45, 2.75) is 37.3 Å². The van der Waals surface area contributed by atoms with Crippen LogP contribution in [0.5, 0.6) is 0 Å². The molecule has 0 aromatic carbocycles. The van der Waals surface area contributed by atoms with Gasteiger partial charge in [-0.3, -0.25) is 4.78 Å². The highest BCUT2D eigenvalue weighted by molar-refractivity contribution is 7.92. The Morgan fingerprint density at radius 1 is 1.34 bits per heavy atom. The number of anilines is 1. The number of morpholine rings is 1. The molecular formula is C20H24N6O2S. The Morgan fingerprint density at radius 2 is 2.17 bits per heavy atom. The zero-order chi connectivity index (χ0) is 20.4. The second-order valence-corrected chi connectivity index (χ2v) is 10.9. The van der Waals surface area contributed by atoms with E-state index in [1.54, 1.807) is 6.20 Å². The van der Waals surface area contributed by atoms with Crippen LogP contribution in [0.3, 0.4) is 0 Å². The van der Waals surface area contributed by atoms with Crippen molar-refractivity contribution >= 4 is 26.6 Å². The highest BCUT2D eigenvalue weighted by Gasteiger charge is 2.46. The van der Waals surface area contributed by atoms with Crippen molar-refractivity contribution in [2.75, 3.05) is 24.7 Å². The predicted octanol–water partition coefficient (Wildman–Crippen LogP) is 3.04. The maximum absolute atomic E-state index is 13.2. The van der Waals surface area contributed by atoms with E-state index in [2.05, 4.69) is 21.8 Å². The molecule has 29 heavy (non-hydrogen) atoms. The van der Waals surface area contributed by atoms with Gasteiger partial charge < -0.3 is 14.6 Å². The van der Waals surface area contributed by atoms with Crippen LogP contribution in [-0.4, -0.2) is 49.9 Å². The third kappa shape index (κ3) is 2.67. The van der Waals surface area contributed by atoms with E-state index in [0.717, 1.165) is 33.7 Å². The molecule has 5 rings (SSSR count). The summed E-state index contributed by atoms with van der Waals surface area (Å²) in [6, 6.07) is 4.01. The predicted molar refractivity (Wildman–Crippen MR) is 112 cm³/mol. The number of aromatic nitrogens is 4. The first-order chi connectivity index (χ1) is 13.8. The van der Waals surface area contributed by atoms with Crippen molar-refractivity contribution in [1.82, 2.24) is 19.9 Å². The van der Waals surface area contributed by atoms with E-state index in [-0.39, 0.29) is 11.8 Å². The minimum atomic E-state index is -2.87. The third-order valence-corrected chi connectivity index (χ3v) is 8.61. The molecular weight excluding hydrogens is 388 g/mol. The fourth-order valence-electron chi connectivity index (χ4n) is 4.20. The summed E-state index contributed by atoms with van der Waals surface area (Å²) >= 11 is 0. The van der Waals surface area contributed by atoms with Gasteiger partial charge in [0.05, 0.1) is 45.2 Å². The van der Waals surface area contributed by atoms with Crippen LogP contribution in [0.1, 0.15) is 32.0 Å². The zero-order valence-corrected chi connectivity index (χ0v) is 17.5. The average Bonchev–Trinajstić information content (AvgIpc) is 3.23. The molecule has 0 radical (unpaired) electrons. The number of aromatic amines is 1. The second-order valence-electron chi connectivity index (χ2n) is 8.24. The van der Waals surface area contributed by atoms with Crippen molar-refractivity contribution in [3.63, 3.8) is 0 Å². The van der Waals surface area contributed by atoms with Gasteiger partial charge in [0.2, 0.25) is 0 Å². The zero-order valence-electron chi connectivity index (χ0n) is 16.7. The Bertz CT molecular complexity index is 1220. The molecule has 2 aliphatic heterocycles. The summed E-state index contributed by atoms with van der Waals surface area (Å²) in [6.07, 6.45) is 3.58. The fraction of sp³-hybridized carbons (Fsp3) is 0.450. The number of ether oxygens (including phenoxy) is 1. The summed E-state index contributed by atoms with van der Waals surface area (Å²) in [5.41, 5.74) is 3.21. The number of H-pyrrole nitrogens is 1. The number of fused-ring (bicyclic) bond motifs is 2. The molecule has 5 heterocycles. The Balaban J connectivity index is 1.79. The quantitative estimate of drug-likeness (QED) is 0.670. The summed E-state index contributed by atoms with van der Waals surface area (Å²) in [4.78, 5) is 19.5. The highest BCUT2D eigenvalue weighted by atomic mass is 32.2. The molecule has 2 N–H and O–H groups in total. The smallest absolute Gasteiger partial charge is 0.162 e. The van der Waals surface area contributed by atoms with Crippen LogP contribution < -0.4 is 4.90 Å². The highest BCUT2D eigenvalue weighted by Crippen LogP contribution is 2.45. The maximum atomic E-state index is 13.2. The van der Waals surface area contributed by atoms with Gasteiger partial charge in [-0.05, 0) is 32.9 Å². The number of nitrogens with zero attached hydrogens (tertiary/aromatic N) is 4. The van der Waals surface area contributed by atoms with Gasteiger partial charge in [-0.1, -0.05) is 0 Å². The SMILES string of the molecule is C[C@@H]1COCCN1c1nc(-c2ccnc3[nH]ccc23)nc2c1CS(=N)(=O)C2(C)C. The average molecular weight is 413 g/mol. The fourth-order valence-corrected chi connectivity index (χ4v) is 5.71. The third-order valence-electron chi connectivity index (χ3n) is 6.07. The van der Waals surface area contributed by atoms with Gasteiger partial charge in [0.1, 0.15) is 11.5 Å². The first kappa shape index (κ1) is 18.5. The Kier molecular flexibility index (Phi) is 3.98. The molecule has 1 fully saturated rings. The standard InChI is InChI=1S/C20H24N6O2S/c1-12-10-28-9-8-26(12)19-15-11-29(21,27)20(2,3)16(15)24-18(25-19)14-5-7-23-17-13(14)4-6-22-17/h4-7,12,21H,8-11H2,1-3H3,(H,22,23)/t12-,29?/m1/s1. The van der Waals surface area contributed by atoms with Crippen LogP contribution in [-0.2, 0) is 25.0 Å². The van der Waals surface area contributed by atoms with E-state index >= 15 is 0 Å². The maximum Gasteiger partial charge on any atom is 0.162 e. The van der Waals surface area contributed by atoms with E-state index in [9.17, 15) is 4.21 Å². The van der Waals surface area contributed by atoms with Gasteiger partial charge in [0.15, 0.2) is 5.82 Å². The van der Waals surface area contributed by atoms with Gasteiger partial charge in [-0.15, -0.1) is 0 Å². The Labute approximate surface area is 169 Å². The molecule has 0 amide bonds. The molecule has 2 aliphatic rings. The minimum absolute atomic E-state index is 0.144.